The maximum absolute atomic E-state index is 13.8. The first-order chi connectivity index (χ1) is 9.65. The van der Waals surface area contributed by atoms with E-state index in [1.54, 1.807) is 36.5 Å². The number of fused-ring (bicyclic) bond motifs is 1. The summed E-state index contributed by atoms with van der Waals surface area (Å²) in [5, 5.41) is 1.31. The Labute approximate surface area is 119 Å². The highest BCUT2D eigenvalue weighted by Crippen LogP contribution is 2.34. The predicted octanol–water partition coefficient (Wildman–Crippen LogP) is 4.40. The number of aromatic nitrogens is 1. The molecule has 0 atom stereocenters. The third-order valence-corrected chi connectivity index (χ3v) is 3.11. The van der Waals surface area contributed by atoms with Gasteiger partial charge in [-0.3, -0.25) is 4.98 Å². The van der Waals surface area contributed by atoms with Crippen LogP contribution in [0.5, 0.6) is 11.5 Å². The monoisotopic (exact) mass is 288 g/mol. The molecule has 3 aromatic rings. The van der Waals surface area contributed by atoms with E-state index in [0.717, 1.165) is 5.39 Å². The van der Waals surface area contributed by atoms with Crippen molar-refractivity contribution in [2.75, 3.05) is 5.73 Å². The van der Waals surface area contributed by atoms with E-state index in [0.29, 0.717) is 16.3 Å². The van der Waals surface area contributed by atoms with Crippen molar-refractivity contribution in [1.29, 1.82) is 0 Å². The van der Waals surface area contributed by atoms with Gasteiger partial charge < -0.3 is 10.5 Å². The molecule has 1 heterocycles. The van der Waals surface area contributed by atoms with Crippen molar-refractivity contribution in [3.8, 4) is 11.5 Å². The van der Waals surface area contributed by atoms with E-state index in [1.807, 2.05) is 0 Å². The molecule has 3 rings (SSSR count). The number of anilines is 1. The molecule has 2 aromatic carbocycles. The fourth-order valence-corrected chi connectivity index (χ4v) is 2.09. The molecule has 0 unspecified atom stereocenters. The first-order valence-electron chi connectivity index (χ1n) is 5.91. The van der Waals surface area contributed by atoms with E-state index < -0.39 is 5.82 Å². The van der Waals surface area contributed by atoms with Crippen LogP contribution >= 0.6 is 11.6 Å². The minimum atomic E-state index is -0.510. The van der Waals surface area contributed by atoms with Gasteiger partial charge in [0.1, 0.15) is 5.75 Å². The van der Waals surface area contributed by atoms with Crippen molar-refractivity contribution in [3.63, 3.8) is 0 Å². The average molecular weight is 289 g/mol. The van der Waals surface area contributed by atoms with Gasteiger partial charge in [0.25, 0.3) is 0 Å². The number of nitrogens with two attached hydrogens (primary N) is 1. The maximum Gasteiger partial charge on any atom is 0.185 e. The number of benzene rings is 2. The van der Waals surface area contributed by atoms with Crippen LogP contribution in [0, 0.1) is 5.82 Å². The lowest BCUT2D eigenvalue weighted by Crippen LogP contribution is -1.95. The van der Waals surface area contributed by atoms with Crippen LogP contribution in [-0.2, 0) is 0 Å². The summed E-state index contributed by atoms with van der Waals surface area (Å²) in [4.78, 5) is 4.20. The molecule has 0 saturated carbocycles. The first kappa shape index (κ1) is 12.7. The Bertz CT molecular complexity index is 772. The summed E-state index contributed by atoms with van der Waals surface area (Å²) in [6.45, 7) is 0. The number of pyridine rings is 1. The largest absolute Gasteiger partial charge is 0.451 e. The van der Waals surface area contributed by atoms with Crippen molar-refractivity contribution < 1.29 is 9.13 Å². The van der Waals surface area contributed by atoms with Gasteiger partial charge in [0.15, 0.2) is 11.6 Å². The predicted molar refractivity (Wildman–Crippen MR) is 77.6 cm³/mol. The highest BCUT2D eigenvalue weighted by atomic mass is 35.5. The molecule has 0 amide bonds. The van der Waals surface area contributed by atoms with Crippen LogP contribution in [-0.4, -0.2) is 4.98 Å². The summed E-state index contributed by atoms with van der Waals surface area (Å²) >= 11 is 5.92. The molecule has 5 heteroatoms. The number of para-hydroxylation sites is 1. The highest BCUT2D eigenvalue weighted by Gasteiger charge is 2.11. The quantitative estimate of drug-likeness (QED) is 0.711. The molecule has 100 valence electrons. The molecule has 0 bridgehead atoms. The fraction of sp³-hybridized carbons (Fsp3) is 0. The van der Waals surface area contributed by atoms with Crippen LogP contribution in [0.3, 0.4) is 0 Å². The molecular formula is C15H10ClFN2O. The lowest BCUT2D eigenvalue weighted by atomic mass is 10.2. The first-order valence-corrected chi connectivity index (χ1v) is 6.29. The molecule has 0 aliphatic carbocycles. The lowest BCUT2D eigenvalue weighted by Gasteiger charge is -2.11. The Morgan fingerprint density at radius 2 is 2.00 bits per heavy atom. The summed E-state index contributed by atoms with van der Waals surface area (Å²) < 4.78 is 19.4. The third-order valence-electron chi connectivity index (χ3n) is 2.87. The third kappa shape index (κ3) is 2.26. The standard InChI is InChI=1S/C15H10ClFN2O/c16-9-4-5-10-13(8-9)19-7-6-14(10)20-15-11(17)2-1-3-12(15)18/h1-8H,18H2. The smallest absolute Gasteiger partial charge is 0.185 e. The van der Waals surface area contributed by atoms with Crippen LogP contribution in [0.15, 0.2) is 48.7 Å². The van der Waals surface area contributed by atoms with E-state index in [-0.39, 0.29) is 11.4 Å². The van der Waals surface area contributed by atoms with E-state index >= 15 is 0 Å². The normalized spacial score (nSPS) is 10.7. The Balaban J connectivity index is 2.11. The van der Waals surface area contributed by atoms with Gasteiger partial charge in [-0.15, -0.1) is 0 Å². The topological polar surface area (TPSA) is 48.1 Å². The van der Waals surface area contributed by atoms with Gasteiger partial charge in [-0.25, -0.2) is 4.39 Å². The molecule has 0 fully saturated rings. The minimum absolute atomic E-state index is 0.00921. The summed E-state index contributed by atoms with van der Waals surface area (Å²) in [5.41, 5.74) is 6.65. The van der Waals surface area contributed by atoms with Crippen LogP contribution in [0.25, 0.3) is 10.9 Å². The van der Waals surface area contributed by atoms with Crippen LogP contribution in [0.4, 0.5) is 10.1 Å². The summed E-state index contributed by atoms with van der Waals surface area (Å²) in [5.74, 6) is -0.0256. The Morgan fingerprint density at radius 3 is 2.80 bits per heavy atom. The fourth-order valence-electron chi connectivity index (χ4n) is 1.93. The van der Waals surface area contributed by atoms with Crippen molar-refractivity contribution in [2.45, 2.75) is 0 Å². The van der Waals surface area contributed by atoms with Gasteiger partial charge in [-0.1, -0.05) is 17.7 Å². The number of hydrogen-bond donors (Lipinski definition) is 1. The van der Waals surface area contributed by atoms with Crippen molar-refractivity contribution >= 4 is 28.2 Å². The number of hydrogen-bond acceptors (Lipinski definition) is 3. The molecule has 2 N–H and O–H groups in total. The molecule has 0 spiro atoms. The van der Waals surface area contributed by atoms with Crippen molar-refractivity contribution in [2.24, 2.45) is 0 Å². The van der Waals surface area contributed by atoms with Crippen LogP contribution in [0.2, 0.25) is 5.02 Å². The van der Waals surface area contributed by atoms with Gasteiger partial charge in [0.05, 0.1) is 11.2 Å². The zero-order chi connectivity index (χ0) is 14.1. The molecular weight excluding hydrogens is 279 g/mol. The van der Waals surface area contributed by atoms with E-state index in [9.17, 15) is 4.39 Å². The van der Waals surface area contributed by atoms with Crippen LogP contribution in [0.1, 0.15) is 0 Å². The van der Waals surface area contributed by atoms with E-state index in [4.69, 9.17) is 22.1 Å². The Hall–Kier alpha value is -2.33. The Morgan fingerprint density at radius 1 is 1.15 bits per heavy atom. The number of nitrogen functional groups attached to an aromatic ring is 1. The Kier molecular flexibility index (Phi) is 3.16. The molecule has 0 radical (unpaired) electrons. The molecule has 3 nitrogen and oxygen atoms in total. The number of ether oxygens (including phenoxy) is 1. The summed E-state index contributed by atoms with van der Waals surface area (Å²) in [6, 6.07) is 11.3. The van der Waals surface area contributed by atoms with Gasteiger partial charge >= 0.3 is 0 Å². The lowest BCUT2D eigenvalue weighted by molar-refractivity contribution is 0.449. The SMILES string of the molecule is Nc1cccc(F)c1Oc1ccnc2cc(Cl)ccc12. The average Bonchev–Trinajstić information content (AvgIpc) is 2.42. The second-order valence-electron chi connectivity index (χ2n) is 4.23. The van der Waals surface area contributed by atoms with Gasteiger partial charge in [0.2, 0.25) is 0 Å². The van der Waals surface area contributed by atoms with Gasteiger partial charge in [-0.05, 0) is 36.4 Å². The summed E-state index contributed by atoms with van der Waals surface area (Å²) in [7, 11) is 0. The van der Waals surface area contributed by atoms with Crippen LogP contribution < -0.4 is 10.5 Å². The summed E-state index contributed by atoms with van der Waals surface area (Å²) in [6.07, 6.45) is 1.57. The van der Waals surface area contributed by atoms with Crippen molar-refractivity contribution in [3.05, 3.63) is 59.5 Å². The molecule has 0 aliphatic rings. The zero-order valence-corrected chi connectivity index (χ0v) is 11.1. The number of nitrogens with zero attached hydrogens (tertiary/aromatic N) is 1. The second kappa shape index (κ2) is 4.98. The second-order valence-corrected chi connectivity index (χ2v) is 4.67. The highest BCUT2D eigenvalue weighted by molar-refractivity contribution is 6.31. The molecule has 0 aliphatic heterocycles. The maximum atomic E-state index is 13.8. The van der Waals surface area contributed by atoms with E-state index in [1.165, 1.54) is 12.1 Å². The van der Waals surface area contributed by atoms with Gasteiger partial charge in [0, 0.05) is 16.6 Å². The van der Waals surface area contributed by atoms with E-state index in [2.05, 4.69) is 4.98 Å². The minimum Gasteiger partial charge on any atom is -0.451 e. The zero-order valence-electron chi connectivity index (χ0n) is 10.3. The van der Waals surface area contributed by atoms with Gasteiger partial charge in [-0.2, -0.15) is 0 Å². The number of halogens is 2. The molecule has 20 heavy (non-hydrogen) atoms. The van der Waals surface area contributed by atoms with Crippen molar-refractivity contribution in [1.82, 2.24) is 4.98 Å². The molecule has 1 aromatic heterocycles. The number of rotatable bonds is 2. The molecule has 0 saturated heterocycles.